The predicted octanol–water partition coefficient (Wildman–Crippen LogP) is 1.91. The minimum Gasteiger partial charge on any atom is -0.493 e. The standard InChI is InChI=1S/C14H17N3O5/c1-8-13(17(19)20)12(15-14(18)16(8)2)9-5-6-10(21-3)11(7-9)22-4/h5-7,12H,1-4H3,(H,15,18). The molecule has 1 aromatic carbocycles. The highest BCUT2D eigenvalue weighted by Crippen LogP contribution is 2.35. The number of methoxy groups -OCH3 is 2. The lowest BCUT2D eigenvalue weighted by molar-refractivity contribution is -0.433. The first kappa shape index (κ1) is 15.6. The van der Waals surface area contributed by atoms with Gasteiger partial charge in [-0.2, -0.15) is 0 Å². The van der Waals surface area contributed by atoms with Crippen LogP contribution in [0.5, 0.6) is 11.5 Å². The van der Waals surface area contributed by atoms with Crippen molar-refractivity contribution in [2.45, 2.75) is 13.0 Å². The van der Waals surface area contributed by atoms with Crippen LogP contribution in [0.25, 0.3) is 0 Å². The van der Waals surface area contributed by atoms with E-state index in [9.17, 15) is 14.9 Å². The lowest BCUT2D eigenvalue weighted by Gasteiger charge is -2.29. The summed E-state index contributed by atoms with van der Waals surface area (Å²) in [6, 6.07) is 3.67. The molecule has 0 saturated heterocycles. The molecule has 1 unspecified atom stereocenters. The molecule has 118 valence electrons. The number of rotatable bonds is 4. The highest BCUT2D eigenvalue weighted by molar-refractivity contribution is 5.78. The number of carbonyl (C=O) groups is 1. The van der Waals surface area contributed by atoms with Crippen LogP contribution in [0.3, 0.4) is 0 Å². The molecule has 8 nitrogen and oxygen atoms in total. The molecular weight excluding hydrogens is 290 g/mol. The molecule has 2 rings (SSSR count). The van der Waals surface area contributed by atoms with Gasteiger partial charge in [0.1, 0.15) is 6.04 Å². The van der Waals surface area contributed by atoms with Crippen LogP contribution in [-0.4, -0.2) is 37.1 Å². The summed E-state index contributed by atoms with van der Waals surface area (Å²) in [6.07, 6.45) is 0. The van der Waals surface area contributed by atoms with Crippen molar-refractivity contribution < 1.29 is 19.2 Å². The number of benzene rings is 1. The van der Waals surface area contributed by atoms with Crippen molar-refractivity contribution in [3.63, 3.8) is 0 Å². The number of nitrogens with zero attached hydrogens (tertiary/aromatic N) is 2. The van der Waals surface area contributed by atoms with E-state index in [4.69, 9.17) is 9.47 Å². The Hall–Kier alpha value is -2.77. The summed E-state index contributed by atoms with van der Waals surface area (Å²) in [4.78, 5) is 24.1. The number of nitrogens with one attached hydrogen (secondary N) is 1. The summed E-state index contributed by atoms with van der Waals surface area (Å²) in [5.74, 6) is 0.947. The fraction of sp³-hybridized carbons (Fsp3) is 0.357. The van der Waals surface area contributed by atoms with Gasteiger partial charge in [0.05, 0.1) is 24.8 Å². The third-order valence-corrected chi connectivity index (χ3v) is 3.66. The first-order valence-electron chi connectivity index (χ1n) is 6.52. The van der Waals surface area contributed by atoms with Crippen LogP contribution in [0.1, 0.15) is 18.5 Å². The van der Waals surface area contributed by atoms with Crippen molar-refractivity contribution in [2.75, 3.05) is 21.3 Å². The second-order valence-corrected chi connectivity index (χ2v) is 4.78. The van der Waals surface area contributed by atoms with Crippen LogP contribution < -0.4 is 14.8 Å². The van der Waals surface area contributed by atoms with Gasteiger partial charge in [-0.15, -0.1) is 0 Å². The van der Waals surface area contributed by atoms with E-state index in [2.05, 4.69) is 5.32 Å². The van der Waals surface area contributed by atoms with Crippen molar-refractivity contribution in [1.29, 1.82) is 0 Å². The maximum Gasteiger partial charge on any atom is 0.322 e. The Morgan fingerprint density at radius 3 is 2.45 bits per heavy atom. The van der Waals surface area contributed by atoms with Crippen molar-refractivity contribution in [1.82, 2.24) is 10.2 Å². The van der Waals surface area contributed by atoms with Crippen LogP contribution in [0.2, 0.25) is 0 Å². The molecule has 0 spiro atoms. The summed E-state index contributed by atoms with van der Waals surface area (Å²) in [5.41, 5.74) is 0.771. The number of carbonyl (C=O) groups excluding carboxylic acids is 1. The molecular formula is C14H17N3O5. The van der Waals surface area contributed by atoms with E-state index in [0.717, 1.165) is 0 Å². The number of hydrogen-bond donors (Lipinski definition) is 1. The first-order chi connectivity index (χ1) is 10.4. The van der Waals surface area contributed by atoms with E-state index in [1.165, 1.54) is 26.2 Å². The Morgan fingerprint density at radius 2 is 1.91 bits per heavy atom. The third kappa shape index (κ3) is 2.54. The van der Waals surface area contributed by atoms with Crippen LogP contribution in [0.15, 0.2) is 29.6 Å². The van der Waals surface area contributed by atoms with Crippen LogP contribution in [0, 0.1) is 10.1 Å². The number of urea groups is 1. The molecule has 22 heavy (non-hydrogen) atoms. The lowest BCUT2D eigenvalue weighted by Crippen LogP contribution is -2.45. The maximum atomic E-state index is 11.9. The number of allylic oxidation sites excluding steroid dienone is 1. The summed E-state index contributed by atoms with van der Waals surface area (Å²) in [5, 5.41) is 14.0. The van der Waals surface area contributed by atoms with Gasteiger partial charge in [0, 0.05) is 7.05 Å². The normalized spacial score (nSPS) is 18.1. The van der Waals surface area contributed by atoms with Gasteiger partial charge in [-0.1, -0.05) is 6.07 Å². The molecule has 1 heterocycles. The molecule has 2 amide bonds. The summed E-state index contributed by atoms with van der Waals surface area (Å²) in [6.45, 7) is 1.55. The van der Waals surface area contributed by atoms with Gasteiger partial charge >= 0.3 is 6.03 Å². The number of nitro groups is 1. The average molecular weight is 307 g/mol. The van der Waals surface area contributed by atoms with Crippen molar-refractivity contribution >= 4 is 6.03 Å². The van der Waals surface area contributed by atoms with Gasteiger partial charge in [-0.25, -0.2) is 4.79 Å². The topological polar surface area (TPSA) is 93.9 Å². The van der Waals surface area contributed by atoms with Crippen molar-refractivity contribution in [2.24, 2.45) is 0 Å². The van der Waals surface area contributed by atoms with E-state index in [-0.39, 0.29) is 5.70 Å². The Kier molecular flexibility index (Phi) is 4.20. The van der Waals surface area contributed by atoms with Gasteiger partial charge in [0.15, 0.2) is 11.5 Å². The average Bonchev–Trinajstić information content (AvgIpc) is 2.51. The third-order valence-electron chi connectivity index (χ3n) is 3.66. The van der Waals surface area contributed by atoms with E-state index in [1.54, 1.807) is 25.1 Å². The Morgan fingerprint density at radius 1 is 1.27 bits per heavy atom. The Balaban J connectivity index is 2.54. The van der Waals surface area contributed by atoms with Crippen LogP contribution in [-0.2, 0) is 0 Å². The fourth-order valence-electron chi connectivity index (χ4n) is 2.33. The van der Waals surface area contributed by atoms with Crippen molar-refractivity contribution in [3.05, 3.63) is 45.3 Å². The quantitative estimate of drug-likeness (QED) is 0.677. The highest BCUT2D eigenvalue weighted by atomic mass is 16.6. The largest absolute Gasteiger partial charge is 0.493 e. The fourth-order valence-corrected chi connectivity index (χ4v) is 2.33. The molecule has 1 atom stereocenters. The van der Waals surface area contributed by atoms with E-state index in [0.29, 0.717) is 22.8 Å². The highest BCUT2D eigenvalue weighted by Gasteiger charge is 2.38. The molecule has 0 aliphatic carbocycles. The summed E-state index contributed by atoms with van der Waals surface area (Å²) < 4.78 is 10.3. The van der Waals surface area contributed by atoms with Gasteiger partial charge < -0.3 is 14.8 Å². The minimum atomic E-state index is -0.849. The molecule has 1 aliphatic rings. The van der Waals surface area contributed by atoms with Gasteiger partial charge in [-0.05, 0) is 24.6 Å². The lowest BCUT2D eigenvalue weighted by atomic mass is 10.00. The minimum absolute atomic E-state index is 0.0747. The SMILES string of the molecule is COc1ccc(C2NC(=O)N(C)C(C)=C2[N+](=O)[O-])cc1OC. The molecule has 0 radical (unpaired) electrons. The summed E-state index contributed by atoms with van der Waals surface area (Å²) in [7, 11) is 4.46. The molecule has 0 bridgehead atoms. The molecule has 8 heteroatoms. The molecule has 0 aromatic heterocycles. The van der Waals surface area contributed by atoms with Crippen LogP contribution in [0.4, 0.5) is 4.79 Å². The van der Waals surface area contributed by atoms with Gasteiger partial charge in [0.25, 0.3) is 5.70 Å². The van der Waals surface area contributed by atoms with E-state index >= 15 is 0 Å². The molecule has 0 fully saturated rings. The number of ether oxygens (including phenoxy) is 2. The zero-order chi connectivity index (χ0) is 16.4. The first-order valence-corrected chi connectivity index (χ1v) is 6.52. The Labute approximate surface area is 127 Å². The molecule has 1 N–H and O–H groups in total. The summed E-state index contributed by atoms with van der Waals surface area (Å²) >= 11 is 0. The zero-order valence-electron chi connectivity index (χ0n) is 12.7. The maximum absolute atomic E-state index is 11.9. The predicted molar refractivity (Wildman–Crippen MR) is 78.3 cm³/mol. The zero-order valence-corrected chi connectivity index (χ0v) is 12.7. The Bertz CT molecular complexity index is 656. The van der Waals surface area contributed by atoms with Gasteiger partial charge in [-0.3, -0.25) is 15.0 Å². The van der Waals surface area contributed by atoms with Crippen LogP contribution >= 0.6 is 0 Å². The van der Waals surface area contributed by atoms with Gasteiger partial charge in [0.2, 0.25) is 0 Å². The van der Waals surface area contributed by atoms with Crippen molar-refractivity contribution in [3.8, 4) is 11.5 Å². The second kappa shape index (κ2) is 5.92. The monoisotopic (exact) mass is 307 g/mol. The number of hydrogen-bond acceptors (Lipinski definition) is 5. The number of amides is 2. The molecule has 1 aromatic rings. The smallest absolute Gasteiger partial charge is 0.322 e. The van der Waals surface area contributed by atoms with E-state index in [1.807, 2.05) is 0 Å². The molecule has 1 aliphatic heterocycles. The van der Waals surface area contributed by atoms with E-state index < -0.39 is 17.0 Å². The second-order valence-electron chi connectivity index (χ2n) is 4.78. The molecule has 0 saturated carbocycles.